The van der Waals surface area contributed by atoms with Gasteiger partial charge in [0.05, 0.1) is 0 Å². The molecule has 22 heavy (non-hydrogen) atoms. The van der Waals surface area contributed by atoms with Crippen molar-refractivity contribution in [3.05, 3.63) is 65.2 Å². The lowest BCUT2D eigenvalue weighted by Crippen LogP contribution is -2.32. The lowest BCUT2D eigenvalue weighted by molar-refractivity contribution is 0.101. The molecule has 2 aromatic carbocycles. The number of anilines is 1. The normalized spacial score (nSPS) is 15.8. The van der Waals surface area contributed by atoms with Crippen LogP contribution in [0.3, 0.4) is 0 Å². The number of benzene rings is 2. The summed E-state index contributed by atoms with van der Waals surface area (Å²) in [6.45, 7) is 5.91. The zero-order valence-corrected chi connectivity index (χ0v) is 13.4. The molecule has 0 N–H and O–H groups in total. The van der Waals surface area contributed by atoms with Gasteiger partial charge in [0.15, 0.2) is 5.78 Å². The molecule has 3 rings (SSSR count). The van der Waals surface area contributed by atoms with Crippen molar-refractivity contribution in [2.45, 2.75) is 32.6 Å². The van der Waals surface area contributed by atoms with Gasteiger partial charge in [-0.05, 0) is 62.4 Å². The van der Waals surface area contributed by atoms with Crippen LogP contribution in [0.1, 0.15) is 47.2 Å². The minimum absolute atomic E-state index is 0.129. The number of carbonyl (C=O) groups is 1. The minimum atomic E-state index is 0.129. The Bertz CT molecular complexity index is 634. The Morgan fingerprint density at radius 1 is 0.955 bits per heavy atom. The van der Waals surface area contributed by atoms with Crippen LogP contribution in [0.4, 0.5) is 5.69 Å². The summed E-state index contributed by atoms with van der Waals surface area (Å²) in [6.07, 6.45) is 2.38. The standard InChI is InChI=1S/C20H23NO/c1-15-3-5-18(6-4-15)19-11-13-21(14-12-19)20-9-7-17(8-10-20)16(2)22/h3-10,19H,11-14H2,1-2H3. The van der Waals surface area contributed by atoms with Crippen molar-refractivity contribution in [2.24, 2.45) is 0 Å². The van der Waals surface area contributed by atoms with E-state index in [1.165, 1.54) is 29.7 Å². The Labute approximate surface area is 132 Å². The highest BCUT2D eigenvalue weighted by Crippen LogP contribution is 2.30. The third-order valence-corrected chi connectivity index (χ3v) is 4.68. The molecule has 0 bridgehead atoms. The number of aryl methyl sites for hydroxylation is 1. The van der Waals surface area contributed by atoms with E-state index in [4.69, 9.17) is 0 Å². The van der Waals surface area contributed by atoms with Gasteiger partial charge < -0.3 is 4.90 Å². The largest absolute Gasteiger partial charge is 0.371 e. The third kappa shape index (κ3) is 3.22. The van der Waals surface area contributed by atoms with Crippen molar-refractivity contribution in [3.63, 3.8) is 0 Å². The zero-order valence-electron chi connectivity index (χ0n) is 13.4. The van der Waals surface area contributed by atoms with Gasteiger partial charge in [-0.25, -0.2) is 0 Å². The van der Waals surface area contributed by atoms with Crippen LogP contribution in [0.25, 0.3) is 0 Å². The van der Waals surface area contributed by atoms with Gasteiger partial charge in [-0.1, -0.05) is 29.8 Å². The molecule has 114 valence electrons. The number of hydrogen-bond acceptors (Lipinski definition) is 2. The molecule has 0 spiro atoms. The molecule has 0 aliphatic carbocycles. The average Bonchev–Trinajstić information content (AvgIpc) is 2.56. The number of ketones is 1. The Morgan fingerprint density at radius 3 is 2.09 bits per heavy atom. The van der Waals surface area contributed by atoms with Crippen LogP contribution in [0.5, 0.6) is 0 Å². The van der Waals surface area contributed by atoms with E-state index >= 15 is 0 Å². The average molecular weight is 293 g/mol. The van der Waals surface area contributed by atoms with Gasteiger partial charge in [0, 0.05) is 24.3 Å². The highest BCUT2D eigenvalue weighted by atomic mass is 16.1. The molecule has 0 aromatic heterocycles. The summed E-state index contributed by atoms with van der Waals surface area (Å²) in [6, 6.07) is 17.0. The summed E-state index contributed by atoms with van der Waals surface area (Å²) in [7, 11) is 0. The molecule has 0 saturated carbocycles. The number of nitrogens with zero attached hydrogens (tertiary/aromatic N) is 1. The maximum atomic E-state index is 11.3. The number of hydrogen-bond donors (Lipinski definition) is 0. The van der Waals surface area contributed by atoms with Crippen LogP contribution < -0.4 is 4.90 Å². The van der Waals surface area contributed by atoms with E-state index in [0.29, 0.717) is 5.92 Å². The summed E-state index contributed by atoms with van der Waals surface area (Å²) < 4.78 is 0. The quantitative estimate of drug-likeness (QED) is 0.772. The molecule has 1 heterocycles. The second kappa shape index (κ2) is 6.35. The summed E-state index contributed by atoms with van der Waals surface area (Å²) >= 11 is 0. The summed E-state index contributed by atoms with van der Waals surface area (Å²) in [5.41, 5.74) is 4.81. The third-order valence-electron chi connectivity index (χ3n) is 4.68. The topological polar surface area (TPSA) is 20.3 Å². The van der Waals surface area contributed by atoms with E-state index in [9.17, 15) is 4.79 Å². The van der Waals surface area contributed by atoms with E-state index in [1.54, 1.807) is 6.92 Å². The fourth-order valence-electron chi connectivity index (χ4n) is 3.22. The van der Waals surface area contributed by atoms with Gasteiger partial charge in [-0.3, -0.25) is 4.79 Å². The van der Waals surface area contributed by atoms with Crippen LogP contribution in [0.2, 0.25) is 0 Å². The highest BCUT2D eigenvalue weighted by molar-refractivity contribution is 5.94. The first-order valence-corrected chi connectivity index (χ1v) is 8.06. The van der Waals surface area contributed by atoms with Crippen LogP contribution in [-0.4, -0.2) is 18.9 Å². The van der Waals surface area contributed by atoms with Crippen LogP contribution in [0.15, 0.2) is 48.5 Å². The molecular formula is C20H23NO. The van der Waals surface area contributed by atoms with Crippen LogP contribution in [-0.2, 0) is 0 Å². The first-order chi connectivity index (χ1) is 10.6. The molecule has 0 atom stereocenters. The molecule has 1 aliphatic heterocycles. The second-order valence-electron chi connectivity index (χ2n) is 6.28. The smallest absolute Gasteiger partial charge is 0.159 e. The molecule has 2 nitrogen and oxygen atoms in total. The van der Waals surface area contributed by atoms with Gasteiger partial charge in [-0.2, -0.15) is 0 Å². The molecule has 1 aliphatic rings. The molecule has 2 heteroatoms. The zero-order chi connectivity index (χ0) is 15.5. The molecule has 0 unspecified atom stereocenters. The monoisotopic (exact) mass is 293 g/mol. The first kappa shape index (κ1) is 14.8. The van der Waals surface area contributed by atoms with E-state index in [1.807, 2.05) is 12.1 Å². The van der Waals surface area contributed by atoms with E-state index in [2.05, 4.69) is 48.2 Å². The summed E-state index contributed by atoms with van der Waals surface area (Å²) in [5.74, 6) is 0.804. The Morgan fingerprint density at radius 2 is 1.55 bits per heavy atom. The molecule has 0 radical (unpaired) electrons. The van der Waals surface area contributed by atoms with Gasteiger partial charge in [0.25, 0.3) is 0 Å². The molecule has 2 aromatic rings. The van der Waals surface area contributed by atoms with E-state index < -0.39 is 0 Å². The predicted octanol–water partition coefficient (Wildman–Crippen LogP) is 4.58. The number of Topliss-reactive ketones (excluding diaryl/α,β-unsaturated/α-hetero) is 1. The lowest BCUT2D eigenvalue weighted by Gasteiger charge is -2.34. The molecule has 1 saturated heterocycles. The number of piperidine rings is 1. The fraction of sp³-hybridized carbons (Fsp3) is 0.350. The number of rotatable bonds is 3. The van der Waals surface area contributed by atoms with E-state index in [-0.39, 0.29) is 5.78 Å². The van der Waals surface area contributed by atoms with Gasteiger partial charge >= 0.3 is 0 Å². The van der Waals surface area contributed by atoms with Crippen molar-refractivity contribution < 1.29 is 4.79 Å². The Kier molecular flexibility index (Phi) is 4.28. The minimum Gasteiger partial charge on any atom is -0.371 e. The van der Waals surface area contributed by atoms with E-state index in [0.717, 1.165) is 18.7 Å². The summed E-state index contributed by atoms with van der Waals surface area (Å²) in [5, 5.41) is 0. The van der Waals surface area contributed by atoms with Gasteiger partial charge in [0.1, 0.15) is 0 Å². The summed E-state index contributed by atoms with van der Waals surface area (Å²) in [4.78, 5) is 13.8. The highest BCUT2D eigenvalue weighted by Gasteiger charge is 2.20. The van der Waals surface area contributed by atoms with Crippen molar-refractivity contribution in [1.82, 2.24) is 0 Å². The van der Waals surface area contributed by atoms with Crippen molar-refractivity contribution in [2.75, 3.05) is 18.0 Å². The van der Waals surface area contributed by atoms with Crippen molar-refractivity contribution >= 4 is 11.5 Å². The van der Waals surface area contributed by atoms with Crippen LogP contribution >= 0.6 is 0 Å². The SMILES string of the molecule is CC(=O)c1ccc(N2CCC(c3ccc(C)cc3)CC2)cc1. The molecule has 1 fully saturated rings. The second-order valence-corrected chi connectivity index (χ2v) is 6.28. The Balaban J connectivity index is 1.63. The molecule has 0 amide bonds. The van der Waals surface area contributed by atoms with Gasteiger partial charge in [0.2, 0.25) is 0 Å². The lowest BCUT2D eigenvalue weighted by atomic mass is 9.89. The van der Waals surface area contributed by atoms with Crippen molar-refractivity contribution in [1.29, 1.82) is 0 Å². The predicted molar refractivity (Wildman–Crippen MR) is 91.8 cm³/mol. The number of carbonyl (C=O) groups excluding carboxylic acids is 1. The Hall–Kier alpha value is -2.09. The first-order valence-electron chi connectivity index (χ1n) is 8.06. The molecular weight excluding hydrogens is 270 g/mol. The maximum absolute atomic E-state index is 11.3. The van der Waals surface area contributed by atoms with Crippen molar-refractivity contribution in [3.8, 4) is 0 Å². The maximum Gasteiger partial charge on any atom is 0.159 e. The fourth-order valence-corrected chi connectivity index (χ4v) is 3.22. The van der Waals surface area contributed by atoms with Crippen LogP contribution in [0, 0.1) is 6.92 Å². The van der Waals surface area contributed by atoms with Gasteiger partial charge in [-0.15, -0.1) is 0 Å².